The summed E-state index contributed by atoms with van der Waals surface area (Å²) in [6, 6.07) is 22.9. The second-order valence-electron chi connectivity index (χ2n) is 10.5. The van der Waals surface area contributed by atoms with Crippen molar-refractivity contribution in [1.29, 1.82) is 0 Å². The Morgan fingerprint density at radius 1 is 0.711 bits per heavy atom. The first kappa shape index (κ1) is 35.4. The monoisotopic (exact) mass is 644 g/mol. The van der Waals surface area contributed by atoms with Crippen molar-refractivity contribution < 1.29 is 20.8 Å². The first-order valence-electron chi connectivity index (χ1n) is 14.2. The van der Waals surface area contributed by atoms with Gasteiger partial charge in [0.25, 0.3) is 0 Å². The van der Waals surface area contributed by atoms with Gasteiger partial charge in [0, 0.05) is 9.52 Å². The van der Waals surface area contributed by atoms with Gasteiger partial charge in [0.1, 0.15) is 0 Å². The predicted octanol–water partition coefficient (Wildman–Crippen LogP) is 12.2. The van der Waals surface area contributed by atoms with Gasteiger partial charge in [0.05, 0.1) is 0 Å². The average molecular weight is 647 g/mol. The molecule has 0 N–H and O–H groups in total. The van der Waals surface area contributed by atoms with E-state index < -0.39 is 20.8 Å². The van der Waals surface area contributed by atoms with Gasteiger partial charge in [-0.3, -0.25) is 0 Å². The molecule has 0 aliphatic heterocycles. The second kappa shape index (κ2) is 20.3. The normalized spacial score (nSPS) is 10.4. The molecule has 38 heavy (non-hydrogen) atoms. The van der Waals surface area contributed by atoms with E-state index in [0.717, 1.165) is 9.52 Å². The summed E-state index contributed by atoms with van der Waals surface area (Å²) >= 11 is -0.826. The SMILES string of the molecule is CCCCc1cccc2[cH-]c(C(C)C)cc12.CCCCc1cccc2[cH-]c(C(C)C)cc12.C[Si]C.[Cl][Zr+2][Cl]. The average Bonchev–Trinajstić information content (AvgIpc) is 3.53. The molecular formula is C34H48Cl2SiZr. The fraction of sp³-hybridized carbons (Fsp3) is 0.471. The molecule has 4 aromatic carbocycles. The zero-order valence-corrected chi connectivity index (χ0v) is 29.9. The van der Waals surface area contributed by atoms with E-state index in [1.807, 2.05) is 0 Å². The maximum atomic E-state index is 4.93. The molecule has 0 spiro atoms. The quantitative estimate of drug-likeness (QED) is 0.132. The van der Waals surface area contributed by atoms with E-state index in [9.17, 15) is 0 Å². The summed E-state index contributed by atoms with van der Waals surface area (Å²) in [6.45, 7) is 17.9. The molecule has 4 rings (SSSR count). The summed E-state index contributed by atoms with van der Waals surface area (Å²) < 4.78 is 0. The molecule has 4 heteroatoms. The topological polar surface area (TPSA) is 0 Å². The van der Waals surface area contributed by atoms with Crippen molar-refractivity contribution in [1.82, 2.24) is 0 Å². The molecule has 0 saturated carbocycles. The number of unbranched alkanes of at least 4 members (excludes halogenated alkanes) is 2. The van der Waals surface area contributed by atoms with Crippen LogP contribution in [0.5, 0.6) is 0 Å². The molecule has 0 heterocycles. The number of benzene rings is 2. The Kier molecular flexibility index (Phi) is 18.8. The minimum atomic E-state index is -0.826. The van der Waals surface area contributed by atoms with Crippen molar-refractivity contribution in [3.05, 3.63) is 82.9 Å². The number of fused-ring (bicyclic) bond motifs is 2. The minimum absolute atomic E-state index is 0.631. The van der Waals surface area contributed by atoms with E-state index in [4.69, 9.17) is 17.0 Å². The van der Waals surface area contributed by atoms with Crippen molar-refractivity contribution >= 4 is 48.1 Å². The number of hydrogen-bond donors (Lipinski definition) is 0. The molecule has 0 aliphatic carbocycles. The number of rotatable bonds is 8. The Hall–Kier alpha value is -0.660. The van der Waals surface area contributed by atoms with Gasteiger partial charge in [0.15, 0.2) is 0 Å². The van der Waals surface area contributed by atoms with Gasteiger partial charge in [-0.05, 0) is 24.7 Å². The van der Waals surface area contributed by atoms with Crippen LogP contribution in [0.2, 0.25) is 13.1 Å². The summed E-state index contributed by atoms with van der Waals surface area (Å²) in [6.07, 6.45) is 7.57. The van der Waals surface area contributed by atoms with E-state index in [1.54, 1.807) is 0 Å². The van der Waals surface area contributed by atoms with Crippen LogP contribution in [-0.4, -0.2) is 9.52 Å². The van der Waals surface area contributed by atoms with Crippen molar-refractivity contribution in [3.63, 3.8) is 0 Å². The van der Waals surface area contributed by atoms with Crippen LogP contribution >= 0.6 is 17.0 Å². The number of hydrogen-bond acceptors (Lipinski definition) is 0. The molecule has 0 aromatic heterocycles. The standard InChI is InChI=1S/2C16H21.C2H6Si.2ClH.Zr/c2*1-4-5-7-13-8-6-9-14-10-15(12(2)3)11-16(13)14;1-3-2;;;/h2*6,8-12H,4-5,7H2,1-3H3;1-2H3;2*1H;/q2*-1;;;;+4/p-2. The zero-order chi connectivity index (χ0) is 28.5. The fourth-order valence-electron chi connectivity index (χ4n) is 4.48. The molecule has 0 bridgehead atoms. The van der Waals surface area contributed by atoms with Crippen LogP contribution in [0.4, 0.5) is 0 Å². The molecule has 0 nitrogen and oxygen atoms in total. The molecule has 0 atom stereocenters. The molecular weight excluding hydrogens is 599 g/mol. The zero-order valence-electron chi connectivity index (χ0n) is 24.9. The van der Waals surface area contributed by atoms with Crippen molar-refractivity contribution in [2.45, 2.75) is 105 Å². The second-order valence-corrected chi connectivity index (χ2v) is 15.2. The molecule has 206 valence electrons. The van der Waals surface area contributed by atoms with E-state index in [-0.39, 0.29) is 0 Å². The Bertz CT molecular complexity index is 1060. The van der Waals surface area contributed by atoms with Crippen molar-refractivity contribution in [3.8, 4) is 0 Å². The summed E-state index contributed by atoms with van der Waals surface area (Å²) in [4.78, 5) is 0. The predicted molar refractivity (Wildman–Crippen MR) is 174 cm³/mol. The van der Waals surface area contributed by atoms with E-state index in [1.165, 1.54) is 82.3 Å². The molecule has 4 aromatic rings. The van der Waals surface area contributed by atoms with Crippen LogP contribution < -0.4 is 0 Å². The third-order valence-electron chi connectivity index (χ3n) is 6.66. The first-order valence-corrected chi connectivity index (χ1v) is 22.5. The summed E-state index contributed by atoms with van der Waals surface area (Å²) in [5.74, 6) is 1.26. The number of aryl methyl sites for hydroxylation is 2. The van der Waals surface area contributed by atoms with Crippen LogP contribution in [0.25, 0.3) is 21.5 Å². The van der Waals surface area contributed by atoms with Gasteiger partial charge < -0.3 is 0 Å². The van der Waals surface area contributed by atoms with Crippen LogP contribution in [0.3, 0.4) is 0 Å². The van der Waals surface area contributed by atoms with Crippen molar-refractivity contribution in [2.75, 3.05) is 0 Å². The van der Waals surface area contributed by atoms with Gasteiger partial charge >= 0.3 is 37.9 Å². The Morgan fingerprint density at radius 2 is 1.05 bits per heavy atom. The Labute approximate surface area is 255 Å². The van der Waals surface area contributed by atoms with Gasteiger partial charge in [0.2, 0.25) is 0 Å². The molecule has 0 amide bonds. The molecule has 0 fully saturated rings. The van der Waals surface area contributed by atoms with Crippen molar-refractivity contribution in [2.24, 2.45) is 0 Å². The van der Waals surface area contributed by atoms with Gasteiger partial charge in [-0.1, -0.05) is 104 Å². The third-order valence-corrected chi connectivity index (χ3v) is 6.66. The molecule has 0 unspecified atom stereocenters. The Balaban J connectivity index is 0.000000315. The summed E-state index contributed by atoms with van der Waals surface area (Å²) in [7, 11) is 11.0. The van der Waals surface area contributed by atoms with Crippen LogP contribution in [-0.2, 0) is 33.7 Å². The fourth-order valence-corrected chi connectivity index (χ4v) is 4.48. The van der Waals surface area contributed by atoms with Gasteiger partial charge in [-0.2, -0.15) is 12.1 Å². The third kappa shape index (κ3) is 11.8. The Morgan fingerprint density at radius 3 is 1.34 bits per heavy atom. The summed E-state index contributed by atoms with van der Waals surface area (Å²) in [5, 5.41) is 5.77. The number of halogens is 2. The molecule has 0 saturated heterocycles. The van der Waals surface area contributed by atoms with E-state index in [2.05, 4.69) is 115 Å². The van der Waals surface area contributed by atoms with E-state index >= 15 is 0 Å². The van der Waals surface area contributed by atoms with Gasteiger partial charge in [-0.15, -0.1) is 69.1 Å². The van der Waals surface area contributed by atoms with Gasteiger partial charge in [-0.25, -0.2) is 0 Å². The van der Waals surface area contributed by atoms with Crippen LogP contribution in [0, 0.1) is 0 Å². The van der Waals surface area contributed by atoms with Crippen LogP contribution in [0.15, 0.2) is 60.7 Å². The maximum absolute atomic E-state index is 4.93. The summed E-state index contributed by atoms with van der Waals surface area (Å²) in [5.41, 5.74) is 5.98. The van der Waals surface area contributed by atoms with Crippen LogP contribution in [0.1, 0.15) is 101 Å². The van der Waals surface area contributed by atoms with E-state index in [0.29, 0.717) is 11.8 Å². The first-order chi connectivity index (χ1) is 18.3. The molecule has 0 aliphatic rings. The molecule has 2 radical (unpaired) electrons.